The zero-order chi connectivity index (χ0) is 16.6. The molecule has 1 aromatic carbocycles. The highest BCUT2D eigenvalue weighted by atomic mass is 32.2. The third kappa shape index (κ3) is 2.88. The highest BCUT2D eigenvalue weighted by Crippen LogP contribution is 2.33. The Kier molecular flexibility index (Phi) is 3.95. The van der Waals surface area contributed by atoms with Gasteiger partial charge in [-0.25, -0.2) is 13.1 Å². The quantitative estimate of drug-likeness (QED) is 0.745. The van der Waals surface area contributed by atoms with E-state index in [0.717, 1.165) is 37.3 Å². The Balaban J connectivity index is 1.68. The van der Waals surface area contributed by atoms with Crippen LogP contribution in [0, 0.1) is 0 Å². The molecule has 0 unspecified atom stereocenters. The van der Waals surface area contributed by atoms with Crippen molar-refractivity contribution in [1.82, 2.24) is 5.32 Å². The summed E-state index contributed by atoms with van der Waals surface area (Å²) < 4.78 is 33.3. The molecule has 2 N–H and O–H groups in total. The third-order valence-corrected chi connectivity index (χ3v) is 6.72. The lowest BCUT2D eigenvalue weighted by molar-refractivity contribution is 0.580. The van der Waals surface area contributed by atoms with Gasteiger partial charge < -0.3 is 14.6 Å². The van der Waals surface area contributed by atoms with Crippen LogP contribution in [0.25, 0.3) is 11.0 Å². The van der Waals surface area contributed by atoms with Gasteiger partial charge in [0, 0.05) is 37.6 Å². The maximum atomic E-state index is 12.3. The van der Waals surface area contributed by atoms with Gasteiger partial charge in [-0.1, -0.05) is 18.2 Å². The fourth-order valence-corrected chi connectivity index (χ4v) is 4.82. The standard InChI is InChI=1S/C16H17N3O3S2/c20-24(21,15-5-2-10-23-15)18-14-11-12-3-1-4-13(16(12)22-14)19-8-6-17-7-9-19/h1-5,10-11,17-18H,6-9H2. The Hall–Kier alpha value is -2.03. The van der Waals surface area contributed by atoms with E-state index in [1.807, 2.05) is 18.2 Å². The Labute approximate surface area is 144 Å². The van der Waals surface area contributed by atoms with Crippen LogP contribution < -0.4 is 14.9 Å². The van der Waals surface area contributed by atoms with Crippen molar-refractivity contribution in [2.75, 3.05) is 35.8 Å². The summed E-state index contributed by atoms with van der Waals surface area (Å²) in [6.07, 6.45) is 0. The number of anilines is 2. The largest absolute Gasteiger partial charge is 0.438 e. The van der Waals surface area contributed by atoms with Crippen molar-refractivity contribution >= 4 is 43.9 Å². The molecule has 3 heterocycles. The molecule has 0 radical (unpaired) electrons. The molecule has 8 heteroatoms. The second-order valence-electron chi connectivity index (χ2n) is 5.58. The highest BCUT2D eigenvalue weighted by Gasteiger charge is 2.20. The zero-order valence-corrected chi connectivity index (χ0v) is 14.5. The van der Waals surface area contributed by atoms with Gasteiger partial charge in [0.25, 0.3) is 10.0 Å². The number of para-hydroxylation sites is 1. The van der Waals surface area contributed by atoms with Crippen LogP contribution in [0.3, 0.4) is 0 Å². The Morgan fingerprint density at radius 2 is 2.00 bits per heavy atom. The molecule has 1 aliphatic heterocycles. The second-order valence-corrected chi connectivity index (χ2v) is 8.44. The maximum Gasteiger partial charge on any atom is 0.273 e. The highest BCUT2D eigenvalue weighted by molar-refractivity contribution is 7.94. The van der Waals surface area contributed by atoms with Gasteiger partial charge in [-0.3, -0.25) is 0 Å². The van der Waals surface area contributed by atoms with Crippen LogP contribution in [0.1, 0.15) is 0 Å². The van der Waals surface area contributed by atoms with Crippen LogP contribution in [0.5, 0.6) is 0 Å². The van der Waals surface area contributed by atoms with Gasteiger partial charge in [0.2, 0.25) is 5.88 Å². The fraction of sp³-hybridized carbons (Fsp3) is 0.250. The number of hydrogen-bond acceptors (Lipinski definition) is 6. The van der Waals surface area contributed by atoms with Crippen molar-refractivity contribution in [2.45, 2.75) is 4.21 Å². The Morgan fingerprint density at radius 3 is 2.75 bits per heavy atom. The number of furan rings is 1. The number of rotatable bonds is 4. The summed E-state index contributed by atoms with van der Waals surface area (Å²) >= 11 is 1.17. The van der Waals surface area contributed by atoms with Crippen molar-refractivity contribution in [2.24, 2.45) is 0 Å². The number of benzene rings is 1. The SMILES string of the molecule is O=S(=O)(Nc1cc2cccc(N3CCNCC3)c2o1)c1cccs1. The normalized spacial score (nSPS) is 15.8. The first-order valence-corrected chi connectivity index (χ1v) is 10.0. The number of piperazine rings is 1. The van der Waals surface area contributed by atoms with E-state index in [-0.39, 0.29) is 10.1 Å². The van der Waals surface area contributed by atoms with Crippen LogP contribution in [0.15, 0.2) is 50.4 Å². The molecule has 1 fully saturated rings. The van der Waals surface area contributed by atoms with E-state index in [2.05, 4.69) is 14.9 Å². The summed E-state index contributed by atoms with van der Waals surface area (Å²) in [5.74, 6) is 0.237. The smallest absolute Gasteiger partial charge is 0.273 e. The topological polar surface area (TPSA) is 74.6 Å². The van der Waals surface area contributed by atoms with Crippen LogP contribution in [0.4, 0.5) is 11.6 Å². The first-order chi connectivity index (χ1) is 11.6. The minimum absolute atomic E-state index is 0.237. The average Bonchev–Trinajstić information content (AvgIpc) is 3.24. The van der Waals surface area contributed by atoms with E-state index < -0.39 is 10.0 Å². The number of sulfonamides is 1. The molecule has 0 saturated carbocycles. The molecule has 0 spiro atoms. The van der Waals surface area contributed by atoms with Gasteiger partial charge in [-0.2, -0.15) is 0 Å². The van der Waals surface area contributed by atoms with E-state index in [9.17, 15) is 8.42 Å². The minimum atomic E-state index is -3.60. The summed E-state index contributed by atoms with van der Waals surface area (Å²) in [6, 6.07) is 10.9. The Bertz CT molecular complexity index is 942. The molecule has 0 amide bonds. The predicted molar refractivity (Wildman–Crippen MR) is 96.4 cm³/mol. The van der Waals surface area contributed by atoms with Crippen molar-refractivity contribution in [3.05, 3.63) is 41.8 Å². The molecule has 2 aromatic heterocycles. The maximum absolute atomic E-state index is 12.3. The molecule has 0 bridgehead atoms. The number of fused-ring (bicyclic) bond motifs is 1. The number of thiophene rings is 1. The second kappa shape index (κ2) is 6.12. The average molecular weight is 363 g/mol. The Morgan fingerprint density at radius 1 is 1.17 bits per heavy atom. The number of nitrogens with one attached hydrogen (secondary N) is 2. The summed E-state index contributed by atoms with van der Waals surface area (Å²) in [5, 5.41) is 5.94. The number of hydrogen-bond donors (Lipinski definition) is 2. The van der Waals surface area contributed by atoms with Gasteiger partial charge in [0.05, 0.1) is 5.69 Å². The molecule has 1 saturated heterocycles. The molecule has 0 aliphatic carbocycles. The van der Waals surface area contributed by atoms with E-state index in [4.69, 9.17) is 4.42 Å². The van der Waals surface area contributed by atoms with Gasteiger partial charge >= 0.3 is 0 Å². The lowest BCUT2D eigenvalue weighted by Gasteiger charge is -2.29. The van der Waals surface area contributed by atoms with E-state index in [1.165, 1.54) is 11.3 Å². The first kappa shape index (κ1) is 15.5. The van der Waals surface area contributed by atoms with Crippen molar-refractivity contribution in [3.8, 4) is 0 Å². The molecular formula is C16H17N3O3S2. The van der Waals surface area contributed by atoms with Crippen molar-refractivity contribution in [3.63, 3.8) is 0 Å². The fourth-order valence-electron chi connectivity index (χ4n) is 2.85. The van der Waals surface area contributed by atoms with Crippen molar-refractivity contribution < 1.29 is 12.8 Å². The lowest BCUT2D eigenvalue weighted by atomic mass is 10.2. The zero-order valence-electron chi connectivity index (χ0n) is 12.9. The molecule has 3 aromatic rings. The van der Waals surface area contributed by atoms with Crippen LogP contribution >= 0.6 is 11.3 Å². The van der Waals surface area contributed by atoms with Gasteiger partial charge in [0.1, 0.15) is 4.21 Å². The summed E-state index contributed by atoms with van der Waals surface area (Å²) in [4.78, 5) is 2.25. The van der Waals surface area contributed by atoms with Crippen LogP contribution in [-0.4, -0.2) is 34.6 Å². The van der Waals surface area contributed by atoms with Gasteiger partial charge in [-0.15, -0.1) is 11.3 Å². The summed E-state index contributed by atoms with van der Waals surface area (Å²) in [5.41, 5.74) is 1.71. The predicted octanol–water partition coefficient (Wildman–Crippen LogP) is 2.70. The summed E-state index contributed by atoms with van der Waals surface area (Å²) in [7, 11) is -3.60. The molecule has 0 atom stereocenters. The van der Waals surface area contributed by atoms with E-state index in [0.29, 0.717) is 5.58 Å². The first-order valence-electron chi connectivity index (χ1n) is 7.68. The molecule has 1 aliphatic rings. The molecule has 126 valence electrons. The molecule has 6 nitrogen and oxygen atoms in total. The third-order valence-electron chi connectivity index (χ3n) is 3.98. The lowest BCUT2D eigenvalue weighted by Crippen LogP contribution is -2.43. The molecular weight excluding hydrogens is 346 g/mol. The van der Waals surface area contributed by atoms with E-state index >= 15 is 0 Å². The number of nitrogens with zero attached hydrogens (tertiary/aromatic N) is 1. The van der Waals surface area contributed by atoms with Crippen LogP contribution in [0.2, 0.25) is 0 Å². The monoisotopic (exact) mass is 363 g/mol. The van der Waals surface area contributed by atoms with Crippen molar-refractivity contribution in [1.29, 1.82) is 0 Å². The van der Waals surface area contributed by atoms with Crippen LogP contribution in [-0.2, 0) is 10.0 Å². The minimum Gasteiger partial charge on any atom is -0.438 e. The van der Waals surface area contributed by atoms with Gasteiger partial charge in [-0.05, 0) is 17.5 Å². The summed E-state index contributed by atoms with van der Waals surface area (Å²) in [6.45, 7) is 3.65. The molecule has 4 rings (SSSR count). The van der Waals surface area contributed by atoms with E-state index in [1.54, 1.807) is 23.6 Å². The van der Waals surface area contributed by atoms with Gasteiger partial charge in [0.15, 0.2) is 5.58 Å². The molecule has 24 heavy (non-hydrogen) atoms.